The monoisotopic (exact) mass is 821 g/mol. The van der Waals surface area contributed by atoms with Gasteiger partial charge in [-0.15, -0.1) is 0 Å². The molecule has 1 unspecified atom stereocenters. The minimum Gasteiger partial charge on any atom is -0.457 e. The minimum absolute atomic E-state index is 0.0450. The van der Waals surface area contributed by atoms with Crippen molar-refractivity contribution in [1.29, 1.82) is 0 Å². The fraction of sp³-hybridized carbons (Fsp3) is 0.533. The minimum atomic E-state index is -0.365. The van der Waals surface area contributed by atoms with Gasteiger partial charge in [0.15, 0.2) is 0 Å². The molecular formula is C45H62Cl2FN7O2. The molecule has 2 aliphatic rings. The highest BCUT2D eigenvalue weighted by Gasteiger charge is 2.37. The molecule has 2 aliphatic heterocycles. The van der Waals surface area contributed by atoms with Gasteiger partial charge in [-0.3, -0.25) is 4.90 Å². The molecule has 4 aromatic rings. The van der Waals surface area contributed by atoms with Crippen LogP contribution in [0, 0.1) is 11.7 Å². The number of halogens is 3. The number of ether oxygens (including phenoxy) is 2. The first-order chi connectivity index (χ1) is 27.4. The number of methoxy groups -OCH3 is 1. The van der Waals surface area contributed by atoms with Gasteiger partial charge in [-0.25, -0.2) is 9.37 Å². The van der Waals surface area contributed by atoms with Crippen LogP contribution in [0.15, 0.2) is 66.9 Å². The SMILES string of the molecule is CC[C@@H]1CCN(Cc2c(F)cc(Cl)cc2Oc2ccc(-c3cnc(CN(C)C)n3C)cc2)[C@@H](C)CN[C@H](COC)CN[C@@]2(Cc3ccc(Cl)cc3)CCCN(C1)C2. The molecule has 1 aromatic heterocycles. The van der Waals surface area contributed by atoms with Gasteiger partial charge < -0.3 is 34.5 Å². The third-order valence-corrected chi connectivity index (χ3v) is 12.3. The molecule has 57 heavy (non-hydrogen) atoms. The predicted octanol–water partition coefficient (Wildman–Crippen LogP) is 8.28. The number of fused-ring (bicyclic) bond motifs is 2. The van der Waals surface area contributed by atoms with E-state index >= 15 is 4.39 Å². The van der Waals surface area contributed by atoms with Crippen molar-refractivity contribution >= 4 is 23.2 Å². The average Bonchev–Trinajstić information content (AvgIpc) is 3.54. The van der Waals surface area contributed by atoms with Crippen molar-refractivity contribution in [3.8, 4) is 22.8 Å². The Morgan fingerprint density at radius 2 is 1.79 bits per heavy atom. The van der Waals surface area contributed by atoms with E-state index in [1.165, 1.54) is 11.6 Å². The summed E-state index contributed by atoms with van der Waals surface area (Å²) in [6.45, 7) is 11.7. The van der Waals surface area contributed by atoms with E-state index in [0.29, 0.717) is 41.2 Å². The van der Waals surface area contributed by atoms with Crippen molar-refractivity contribution in [2.24, 2.45) is 13.0 Å². The van der Waals surface area contributed by atoms with Crippen LogP contribution in [0.1, 0.15) is 56.5 Å². The summed E-state index contributed by atoms with van der Waals surface area (Å²) in [5, 5.41) is 8.96. The second-order valence-electron chi connectivity index (χ2n) is 16.6. The Hall–Kier alpha value is -3.06. The molecule has 2 bridgehead atoms. The molecule has 2 saturated heterocycles. The summed E-state index contributed by atoms with van der Waals surface area (Å²) in [4.78, 5) is 11.8. The van der Waals surface area contributed by atoms with Gasteiger partial charge in [0.2, 0.25) is 0 Å². The molecule has 0 saturated carbocycles. The van der Waals surface area contributed by atoms with Gasteiger partial charge in [-0.1, -0.05) is 48.7 Å². The Labute approximate surface area is 349 Å². The van der Waals surface area contributed by atoms with E-state index in [2.05, 4.69) is 60.9 Å². The molecule has 2 N–H and O–H groups in total. The molecule has 5 atom stereocenters. The molecular weight excluding hydrogens is 760 g/mol. The van der Waals surface area contributed by atoms with Crippen molar-refractivity contribution in [1.82, 2.24) is 34.9 Å². The van der Waals surface area contributed by atoms with E-state index < -0.39 is 0 Å². The molecule has 3 heterocycles. The zero-order valence-corrected chi connectivity index (χ0v) is 36.2. The van der Waals surface area contributed by atoms with Crippen LogP contribution in [0.5, 0.6) is 11.5 Å². The smallest absolute Gasteiger partial charge is 0.136 e. The van der Waals surface area contributed by atoms with Crippen LogP contribution in [0.3, 0.4) is 0 Å². The number of piperidine rings is 1. The van der Waals surface area contributed by atoms with E-state index in [0.717, 1.165) is 100 Å². The summed E-state index contributed by atoms with van der Waals surface area (Å²) in [7, 11) is 7.86. The molecule has 0 amide bonds. The Morgan fingerprint density at radius 1 is 1.02 bits per heavy atom. The summed E-state index contributed by atoms with van der Waals surface area (Å²) in [6, 6.07) is 19.5. The van der Waals surface area contributed by atoms with Gasteiger partial charge in [0.1, 0.15) is 23.1 Å². The number of nitrogens with one attached hydrogen (secondary N) is 2. The second kappa shape index (κ2) is 20.3. The van der Waals surface area contributed by atoms with Crippen molar-refractivity contribution in [2.45, 2.75) is 76.7 Å². The topological polar surface area (TPSA) is 70.1 Å². The van der Waals surface area contributed by atoms with Crippen LogP contribution in [-0.2, 0) is 31.3 Å². The first-order valence-electron chi connectivity index (χ1n) is 20.5. The van der Waals surface area contributed by atoms with Gasteiger partial charge in [0.25, 0.3) is 0 Å². The lowest BCUT2D eigenvalue weighted by Gasteiger charge is -2.46. The maximum atomic E-state index is 16.1. The molecule has 0 aliphatic carbocycles. The Morgan fingerprint density at radius 3 is 2.51 bits per heavy atom. The summed E-state index contributed by atoms with van der Waals surface area (Å²) in [5.41, 5.74) is 3.80. The Balaban J connectivity index is 1.21. The molecule has 3 aromatic carbocycles. The van der Waals surface area contributed by atoms with E-state index in [1.54, 1.807) is 13.2 Å². The highest BCUT2D eigenvalue weighted by molar-refractivity contribution is 6.31. The molecule has 6 rings (SSSR count). The van der Waals surface area contributed by atoms with Crippen LogP contribution >= 0.6 is 23.2 Å². The van der Waals surface area contributed by atoms with Crippen LogP contribution in [-0.4, -0.2) is 109 Å². The summed E-state index contributed by atoms with van der Waals surface area (Å²) < 4.78 is 30.4. The number of hydrogen-bond donors (Lipinski definition) is 2. The Bertz CT molecular complexity index is 1870. The second-order valence-corrected chi connectivity index (χ2v) is 17.5. The lowest BCUT2D eigenvalue weighted by atomic mass is 9.82. The number of rotatable bonds is 12. The highest BCUT2D eigenvalue weighted by Crippen LogP contribution is 2.34. The number of aromatic nitrogens is 2. The average molecular weight is 823 g/mol. The van der Waals surface area contributed by atoms with Crippen molar-refractivity contribution in [2.75, 3.05) is 67.1 Å². The fourth-order valence-electron chi connectivity index (χ4n) is 8.51. The van der Waals surface area contributed by atoms with Gasteiger partial charge in [0, 0.05) is 85.7 Å². The maximum absolute atomic E-state index is 16.1. The number of nitrogens with zero attached hydrogens (tertiary/aromatic N) is 5. The van der Waals surface area contributed by atoms with Crippen molar-refractivity contribution in [3.05, 3.63) is 99.7 Å². The largest absolute Gasteiger partial charge is 0.457 e. The molecule has 2 fully saturated rings. The molecule has 0 spiro atoms. The molecule has 0 radical (unpaired) electrons. The third-order valence-electron chi connectivity index (χ3n) is 11.8. The normalized spacial score (nSPS) is 24.0. The van der Waals surface area contributed by atoms with Crippen molar-refractivity contribution in [3.63, 3.8) is 0 Å². The fourth-order valence-corrected chi connectivity index (χ4v) is 8.83. The molecule has 310 valence electrons. The zero-order chi connectivity index (χ0) is 40.5. The van der Waals surface area contributed by atoms with E-state index in [9.17, 15) is 0 Å². The predicted molar refractivity (Wildman–Crippen MR) is 231 cm³/mol. The number of hydrogen-bond acceptors (Lipinski definition) is 8. The first-order valence-corrected chi connectivity index (χ1v) is 21.3. The number of imidazole rings is 1. The van der Waals surface area contributed by atoms with Crippen LogP contribution in [0.2, 0.25) is 10.0 Å². The summed E-state index contributed by atoms with van der Waals surface area (Å²) >= 11 is 12.7. The first kappa shape index (κ1) is 43.5. The van der Waals surface area contributed by atoms with E-state index in [1.807, 2.05) is 63.7 Å². The molecule has 9 nitrogen and oxygen atoms in total. The molecule has 12 heteroatoms. The van der Waals surface area contributed by atoms with Gasteiger partial charge >= 0.3 is 0 Å². The van der Waals surface area contributed by atoms with Crippen LogP contribution in [0.4, 0.5) is 4.39 Å². The standard InChI is InChI=1S/C45H62Cl2FN7O2/c1-7-33-17-20-55(32(2)24-49-38(30-56-6)25-51-45(18-8-19-54(27-33)31-45)23-34-9-13-36(46)14-10-34)28-40-41(48)21-37(47)22-43(40)57-39-15-11-35(12-16-39)42-26-50-44(53(42)5)29-52(3)4/h9-16,21-22,26,32-33,38,49,51H,7-8,17-20,23-25,27-31H2,1-6H3/t32-,33+,38-,45+/m0/s1. The summed E-state index contributed by atoms with van der Waals surface area (Å²) in [5.74, 6) is 2.17. The zero-order valence-electron chi connectivity index (χ0n) is 34.7. The number of benzene rings is 3. The van der Waals surface area contributed by atoms with Gasteiger partial charge in [0.05, 0.1) is 25.0 Å². The van der Waals surface area contributed by atoms with Crippen molar-refractivity contribution < 1.29 is 13.9 Å². The maximum Gasteiger partial charge on any atom is 0.136 e. The lowest BCUT2D eigenvalue weighted by molar-refractivity contribution is 0.0838. The van der Waals surface area contributed by atoms with E-state index in [-0.39, 0.29) is 23.4 Å². The van der Waals surface area contributed by atoms with Gasteiger partial charge in [-0.2, -0.15) is 0 Å². The van der Waals surface area contributed by atoms with E-state index in [4.69, 9.17) is 32.7 Å². The summed E-state index contributed by atoms with van der Waals surface area (Å²) in [6.07, 6.45) is 7.20. The quantitative estimate of drug-likeness (QED) is 0.148. The van der Waals surface area contributed by atoms with Crippen LogP contribution in [0.25, 0.3) is 11.3 Å². The Kier molecular flexibility index (Phi) is 15.5. The van der Waals surface area contributed by atoms with Gasteiger partial charge in [-0.05, 0) is 120 Å². The lowest BCUT2D eigenvalue weighted by Crippen LogP contribution is -2.61. The van der Waals surface area contributed by atoms with Crippen LogP contribution < -0.4 is 15.4 Å². The third kappa shape index (κ3) is 11.8. The highest BCUT2D eigenvalue weighted by atomic mass is 35.5.